The number of hydrogen-bond acceptors (Lipinski definition) is 4. The minimum Gasteiger partial charge on any atom is -0.466 e. The number of nitrogens with zero attached hydrogens (tertiary/aromatic N) is 3. The first-order chi connectivity index (χ1) is 14.6. The topological polar surface area (TPSA) is 74.2 Å². The summed E-state index contributed by atoms with van der Waals surface area (Å²) in [5, 5.41) is 3.37. The zero-order valence-electron chi connectivity index (χ0n) is 18.6. The second kappa shape index (κ2) is 12.9. The highest BCUT2D eigenvalue weighted by Crippen LogP contribution is 2.22. The molecule has 0 aromatic heterocycles. The molecule has 0 bridgehead atoms. The summed E-state index contributed by atoms with van der Waals surface area (Å²) in [6, 6.07) is 8.15. The Bertz CT molecular complexity index is 746. The standard InChI is InChI=1S/C23H34N4O3.HI/c1-3-24-23(26-15-12-19(13-16-26)22(29)30-4-2)25-17-18-8-10-20(11-9-18)27-14-6-5-7-21(27)28;/h8-11,19H,3-7,12-17H2,1-2H3,(H,24,25);1H. The summed E-state index contributed by atoms with van der Waals surface area (Å²) >= 11 is 0. The number of esters is 1. The number of aliphatic imine (C=N–C) groups is 1. The van der Waals surface area contributed by atoms with Gasteiger partial charge in [-0.05, 0) is 57.2 Å². The number of halogens is 1. The first kappa shape index (κ1) is 25.4. The summed E-state index contributed by atoms with van der Waals surface area (Å²) in [7, 11) is 0. The van der Waals surface area contributed by atoms with E-state index in [-0.39, 0.29) is 41.8 Å². The van der Waals surface area contributed by atoms with Crippen LogP contribution in [-0.2, 0) is 20.9 Å². The van der Waals surface area contributed by atoms with Crippen molar-refractivity contribution < 1.29 is 14.3 Å². The van der Waals surface area contributed by atoms with Crippen LogP contribution in [0, 0.1) is 5.92 Å². The predicted molar refractivity (Wildman–Crippen MR) is 134 cm³/mol. The average molecular weight is 542 g/mol. The van der Waals surface area contributed by atoms with E-state index in [0.29, 0.717) is 19.6 Å². The molecule has 2 fully saturated rings. The molecule has 7 nitrogen and oxygen atoms in total. The first-order valence-corrected chi connectivity index (χ1v) is 11.2. The van der Waals surface area contributed by atoms with Crippen molar-refractivity contribution in [2.24, 2.45) is 10.9 Å². The summed E-state index contributed by atoms with van der Waals surface area (Å²) in [5.41, 5.74) is 2.08. The number of anilines is 1. The van der Waals surface area contributed by atoms with E-state index in [1.54, 1.807) is 0 Å². The fourth-order valence-electron chi connectivity index (χ4n) is 4.04. The van der Waals surface area contributed by atoms with Crippen LogP contribution in [0.15, 0.2) is 29.3 Å². The summed E-state index contributed by atoms with van der Waals surface area (Å²) < 4.78 is 5.16. The van der Waals surface area contributed by atoms with E-state index in [4.69, 9.17) is 9.73 Å². The second-order valence-electron chi connectivity index (χ2n) is 7.85. The molecule has 0 aliphatic carbocycles. The molecule has 31 heavy (non-hydrogen) atoms. The molecular formula is C23H35IN4O3. The SMILES string of the molecule is CCNC(=NCc1ccc(N2CCCCC2=O)cc1)N1CCC(C(=O)OCC)CC1.I. The maximum Gasteiger partial charge on any atom is 0.309 e. The highest BCUT2D eigenvalue weighted by Gasteiger charge is 2.27. The number of ether oxygens (including phenoxy) is 1. The Morgan fingerprint density at radius 3 is 2.45 bits per heavy atom. The quantitative estimate of drug-likeness (QED) is 0.258. The van der Waals surface area contributed by atoms with Crippen molar-refractivity contribution in [3.8, 4) is 0 Å². The Balaban J connectivity index is 0.00000341. The lowest BCUT2D eigenvalue weighted by atomic mass is 9.97. The van der Waals surface area contributed by atoms with Gasteiger partial charge in [-0.1, -0.05) is 12.1 Å². The third kappa shape index (κ3) is 7.08. The van der Waals surface area contributed by atoms with Gasteiger partial charge in [0.25, 0.3) is 0 Å². The number of hydrogen-bond donors (Lipinski definition) is 1. The van der Waals surface area contributed by atoms with Crippen molar-refractivity contribution in [1.29, 1.82) is 0 Å². The molecule has 1 aromatic carbocycles. The second-order valence-corrected chi connectivity index (χ2v) is 7.85. The minimum absolute atomic E-state index is 0. The van der Waals surface area contributed by atoms with Crippen molar-refractivity contribution in [1.82, 2.24) is 10.2 Å². The number of likely N-dealkylation sites (tertiary alicyclic amines) is 1. The Kier molecular flexibility index (Phi) is 10.6. The third-order valence-electron chi connectivity index (χ3n) is 5.73. The molecule has 0 spiro atoms. The van der Waals surface area contributed by atoms with Gasteiger partial charge in [-0.25, -0.2) is 4.99 Å². The number of amides is 1. The van der Waals surface area contributed by atoms with Crippen LogP contribution >= 0.6 is 24.0 Å². The number of carbonyl (C=O) groups excluding carboxylic acids is 2. The first-order valence-electron chi connectivity index (χ1n) is 11.2. The molecule has 2 aliphatic rings. The predicted octanol–water partition coefficient (Wildman–Crippen LogP) is 3.56. The Labute approximate surface area is 202 Å². The van der Waals surface area contributed by atoms with E-state index < -0.39 is 0 Å². The zero-order valence-corrected chi connectivity index (χ0v) is 21.0. The van der Waals surface area contributed by atoms with Crippen LogP contribution in [0.2, 0.25) is 0 Å². The average Bonchev–Trinajstić information content (AvgIpc) is 2.78. The molecule has 3 rings (SSSR count). The van der Waals surface area contributed by atoms with Crippen molar-refractivity contribution in [2.75, 3.05) is 37.7 Å². The molecule has 0 radical (unpaired) electrons. The van der Waals surface area contributed by atoms with Crippen LogP contribution in [0.3, 0.4) is 0 Å². The summed E-state index contributed by atoms with van der Waals surface area (Å²) in [5.74, 6) is 1.02. The Hall–Kier alpha value is -1.84. The molecule has 172 valence electrons. The third-order valence-corrected chi connectivity index (χ3v) is 5.73. The Morgan fingerprint density at radius 2 is 1.84 bits per heavy atom. The molecule has 0 saturated carbocycles. The number of carbonyl (C=O) groups is 2. The molecule has 0 unspecified atom stereocenters. The van der Waals surface area contributed by atoms with Gasteiger partial charge in [0.05, 0.1) is 19.1 Å². The van der Waals surface area contributed by atoms with Crippen molar-refractivity contribution in [3.63, 3.8) is 0 Å². The largest absolute Gasteiger partial charge is 0.466 e. The van der Waals surface area contributed by atoms with Gasteiger partial charge < -0.3 is 19.9 Å². The molecule has 1 amide bonds. The highest BCUT2D eigenvalue weighted by atomic mass is 127. The number of nitrogens with one attached hydrogen (secondary N) is 1. The molecule has 8 heteroatoms. The molecule has 0 atom stereocenters. The maximum atomic E-state index is 12.1. The highest BCUT2D eigenvalue weighted by molar-refractivity contribution is 14.0. The van der Waals surface area contributed by atoms with Gasteiger partial charge in [0, 0.05) is 38.3 Å². The van der Waals surface area contributed by atoms with E-state index in [1.165, 1.54) is 0 Å². The number of benzene rings is 1. The van der Waals surface area contributed by atoms with Gasteiger partial charge in [-0.15, -0.1) is 24.0 Å². The van der Waals surface area contributed by atoms with Crippen molar-refractivity contribution in [3.05, 3.63) is 29.8 Å². The summed E-state index contributed by atoms with van der Waals surface area (Å²) in [4.78, 5) is 33.0. The van der Waals surface area contributed by atoms with Gasteiger partial charge in [0.15, 0.2) is 5.96 Å². The van der Waals surface area contributed by atoms with Crippen LogP contribution in [0.25, 0.3) is 0 Å². The monoisotopic (exact) mass is 542 g/mol. The van der Waals surface area contributed by atoms with Gasteiger partial charge in [-0.2, -0.15) is 0 Å². The molecule has 1 aromatic rings. The fraction of sp³-hybridized carbons (Fsp3) is 0.609. The fourth-order valence-corrected chi connectivity index (χ4v) is 4.04. The Morgan fingerprint density at radius 1 is 1.13 bits per heavy atom. The van der Waals surface area contributed by atoms with E-state index in [9.17, 15) is 9.59 Å². The van der Waals surface area contributed by atoms with E-state index in [0.717, 1.165) is 69.1 Å². The van der Waals surface area contributed by atoms with E-state index >= 15 is 0 Å². The normalized spacial score (nSPS) is 17.9. The minimum atomic E-state index is -0.0774. The zero-order chi connectivity index (χ0) is 21.3. The van der Waals surface area contributed by atoms with Crippen LogP contribution in [0.1, 0.15) is 51.5 Å². The van der Waals surface area contributed by atoms with Crippen LogP contribution in [-0.4, -0.2) is 55.5 Å². The van der Waals surface area contributed by atoms with Crippen LogP contribution in [0.4, 0.5) is 5.69 Å². The van der Waals surface area contributed by atoms with Crippen LogP contribution < -0.4 is 10.2 Å². The molecular weight excluding hydrogens is 507 g/mol. The lowest BCUT2D eigenvalue weighted by molar-refractivity contribution is -0.149. The number of guanidine groups is 1. The molecule has 2 heterocycles. The van der Waals surface area contributed by atoms with Gasteiger partial charge in [0.1, 0.15) is 0 Å². The van der Waals surface area contributed by atoms with E-state index in [2.05, 4.69) is 29.3 Å². The van der Waals surface area contributed by atoms with Gasteiger partial charge >= 0.3 is 5.97 Å². The smallest absolute Gasteiger partial charge is 0.309 e. The number of piperidine rings is 2. The summed E-state index contributed by atoms with van der Waals surface area (Å²) in [6.45, 7) is 8.12. The molecule has 1 N–H and O–H groups in total. The number of rotatable bonds is 6. The lowest BCUT2D eigenvalue weighted by Crippen LogP contribution is -2.46. The lowest BCUT2D eigenvalue weighted by Gasteiger charge is -2.33. The van der Waals surface area contributed by atoms with Crippen LogP contribution in [0.5, 0.6) is 0 Å². The summed E-state index contributed by atoms with van der Waals surface area (Å²) in [6.07, 6.45) is 4.29. The van der Waals surface area contributed by atoms with Crippen molar-refractivity contribution >= 4 is 47.5 Å². The van der Waals surface area contributed by atoms with Gasteiger partial charge in [0.2, 0.25) is 5.91 Å². The van der Waals surface area contributed by atoms with Gasteiger partial charge in [-0.3, -0.25) is 9.59 Å². The van der Waals surface area contributed by atoms with Crippen molar-refractivity contribution in [2.45, 2.75) is 52.5 Å². The van der Waals surface area contributed by atoms with E-state index in [1.807, 2.05) is 24.0 Å². The molecule has 2 aliphatic heterocycles. The molecule has 2 saturated heterocycles. The maximum absolute atomic E-state index is 12.1.